The summed E-state index contributed by atoms with van der Waals surface area (Å²) in [6.45, 7) is 14.4. The molecule has 0 N–H and O–H groups in total. The SMILES string of the molecule is CC(C)[CH2][Hf]([CH2]C(C)C)[CH2]C(C)C. The zero-order valence-corrected chi connectivity index (χ0v) is 13.9. The van der Waals surface area contributed by atoms with Gasteiger partial charge in [0.05, 0.1) is 0 Å². The molecule has 79 valence electrons. The standard InChI is InChI=1S/3C4H9.Hf/c3*1-4(2)3;/h3*4H,1H2,2-3H3;. The maximum absolute atomic E-state index is 2.39. The van der Waals surface area contributed by atoms with Gasteiger partial charge < -0.3 is 0 Å². The van der Waals surface area contributed by atoms with Crippen LogP contribution in [0, 0.1) is 17.8 Å². The van der Waals surface area contributed by atoms with Gasteiger partial charge in [-0.1, -0.05) is 0 Å². The Balaban J connectivity index is 3.87. The van der Waals surface area contributed by atoms with Crippen LogP contribution in [0.25, 0.3) is 0 Å². The molecule has 0 radical (unpaired) electrons. The van der Waals surface area contributed by atoms with Gasteiger partial charge >= 0.3 is 93.3 Å². The molecule has 1 heteroatoms. The van der Waals surface area contributed by atoms with E-state index in [1.54, 1.807) is 12.5 Å². The Kier molecular flexibility index (Phi) is 7.68. The molecule has 0 heterocycles. The summed E-state index contributed by atoms with van der Waals surface area (Å²) < 4.78 is 4.88. The predicted octanol–water partition coefficient (Wildman–Crippen LogP) is 4.83. The van der Waals surface area contributed by atoms with Crippen molar-refractivity contribution in [3.05, 3.63) is 0 Å². The van der Waals surface area contributed by atoms with Crippen molar-refractivity contribution in [1.29, 1.82) is 0 Å². The third-order valence-electron chi connectivity index (χ3n) is 2.09. The Bertz CT molecular complexity index is 92.5. The van der Waals surface area contributed by atoms with Gasteiger partial charge in [0.1, 0.15) is 0 Å². The van der Waals surface area contributed by atoms with Crippen LogP contribution in [0.1, 0.15) is 41.5 Å². The molecule has 0 rings (SSSR count). The Morgan fingerprint density at radius 2 is 0.846 bits per heavy atom. The van der Waals surface area contributed by atoms with Crippen LogP contribution < -0.4 is 0 Å². The van der Waals surface area contributed by atoms with Crippen molar-refractivity contribution in [1.82, 2.24) is 0 Å². The number of hydrogen-bond acceptors (Lipinski definition) is 0. The average molecular weight is 350 g/mol. The molecule has 0 saturated carbocycles. The Morgan fingerprint density at radius 3 is 1.00 bits per heavy atom. The van der Waals surface area contributed by atoms with Crippen LogP contribution >= 0.6 is 0 Å². The topological polar surface area (TPSA) is 0 Å². The first-order chi connectivity index (χ1) is 5.91. The first-order valence-electron chi connectivity index (χ1n) is 5.75. The summed E-state index contributed by atoms with van der Waals surface area (Å²) in [6, 6.07) is 0. The van der Waals surface area contributed by atoms with E-state index >= 15 is 0 Å². The maximum atomic E-state index is 2.39. The molecule has 0 nitrogen and oxygen atoms in total. The summed E-state index contributed by atoms with van der Waals surface area (Å²) in [5, 5.41) is 0. The summed E-state index contributed by atoms with van der Waals surface area (Å²) in [5.74, 6) is 2.87. The van der Waals surface area contributed by atoms with Crippen LogP contribution in [-0.2, 0) is 21.4 Å². The van der Waals surface area contributed by atoms with E-state index in [1.807, 2.05) is 0 Å². The van der Waals surface area contributed by atoms with Crippen molar-refractivity contribution < 1.29 is 21.4 Å². The van der Waals surface area contributed by atoms with E-state index < -0.39 is 21.4 Å². The molecule has 0 amide bonds. The van der Waals surface area contributed by atoms with Gasteiger partial charge in [-0.2, -0.15) is 0 Å². The molecule has 0 aliphatic rings. The quantitative estimate of drug-likeness (QED) is 0.603. The van der Waals surface area contributed by atoms with Gasteiger partial charge in [-0.15, -0.1) is 0 Å². The molecule has 0 aromatic heterocycles. The third-order valence-corrected chi connectivity index (χ3v) is 17.1. The van der Waals surface area contributed by atoms with Crippen molar-refractivity contribution in [3.63, 3.8) is 0 Å². The van der Waals surface area contributed by atoms with Crippen molar-refractivity contribution in [2.24, 2.45) is 17.8 Å². The van der Waals surface area contributed by atoms with E-state index in [1.165, 1.54) is 0 Å². The van der Waals surface area contributed by atoms with Gasteiger partial charge in [0, 0.05) is 0 Å². The Morgan fingerprint density at radius 1 is 0.615 bits per heavy atom. The summed E-state index contributed by atoms with van der Waals surface area (Å²) >= 11 is -1.14. The summed E-state index contributed by atoms with van der Waals surface area (Å²) in [4.78, 5) is 0. The fourth-order valence-electron chi connectivity index (χ4n) is 1.98. The third kappa shape index (κ3) is 9.18. The second-order valence-electron chi connectivity index (χ2n) is 5.54. The van der Waals surface area contributed by atoms with Gasteiger partial charge in [-0.3, -0.25) is 0 Å². The first-order valence-corrected chi connectivity index (χ1v) is 13.4. The van der Waals surface area contributed by atoms with Crippen molar-refractivity contribution in [2.75, 3.05) is 0 Å². The second kappa shape index (κ2) is 7.20. The Hall–Kier alpha value is 0.870. The molecule has 0 aromatic rings. The van der Waals surface area contributed by atoms with Gasteiger partial charge in [0.15, 0.2) is 0 Å². The molecule has 0 bridgehead atoms. The molecular weight excluding hydrogens is 323 g/mol. The number of rotatable bonds is 6. The zero-order chi connectivity index (χ0) is 10.4. The normalized spacial score (nSPS) is 11.8. The Labute approximate surface area is 93.0 Å². The number of hydrogen-bond donors (Lipinski definition) is 0. The van der Waals surface area contributed by atoms with E-state index in [2.05, 4.69) is 41.5 Å². The van der Waals surface area contributed by atoms with E-state index in [0.29, 0.717) is 0 Å². The van der Waals surface area contributed by atoms with Crippen LogP contribution in [0.15, 0.2) is 0 Å². The van der Waals surface area contributed by atoms with Gasteiger partial charge in [-0.05, 0) is 0 Å². The molecular formula is C12H27Hf. The van der Waals surface area contributed by atoms with Crippen LogP contribution in [-0.4, -0.2) is 0 Å². The predicted molar refractivity (Wildman–Crippen MR) is 58.9 cm³/mol. The van der Waals surface area contributed by atoms with Gasteiger partial charge in [-0.25, -0.2) is 0 Å². The fraction of sp³-hybridized carbons (Fsp3) is 1.00. The van der Waals surface area contributed by atoms with Crippen molar-refractivity contribution in [2.45, 2.75) is 54.1 Å². The van der Waals surface area contributed by atoms with E-state index in [4.69, 9.17) is 0 Å². The molecule has 0 aliphatic carbocycles. The van der Waals surface area contributed by atoms with Crippen molar-refractivity contribution >= 4 is 0 Å². The van der Waals surface area contributed by atoms with E-state index in [0.717, 1.165) is 17.8 Å². The van der Waals surface area contributed by atoms with E-state index in [9.17, 15) is 0 Å². The minimum atomic E-state index is -1.14. The van der Waals surface area contributed by atoms with Gasteiger partial charge in [0.25, 0.3) is 0 Å². The van der Waals surface area contributed by atoms with Crippen LogP contribution in [0.4, 0.5) is 0 Å². The molecule has 0 saturated heterocycles. The van der Waals surface area contributed by atoms with Crippen LogP contribution in [0.2, 0.25) is 12.5 Å². The fourth-order valence-corrected chi connectivity index (χ4v) is 16.2. The van der Waals surface area contributed by atoms with Gasteiger partial charge in [0.2, 0.25) is 0 Å². The van der Waals surface area contributed by atoms with Crippen LogP contribution in [0.5, 0.6) is 0 Å². The summed E-state index contributed by atoms with van der Waals surface area (Å²) in [5.41, 5.74) is 0. The minimum absolute atomic E-state index is 0.958. The van der Waals surface area contributed by atoms with Crippen LogP contribution in [0.3, 0.4) is 0 Å². The second-order valence-corrected chi connectivity index (χ2v) is 15.3. The molecule has 0 aliphatic heterocycles. The molecule has 0 unspecified atom stereocenters. The molecule has 0 aromatic carbocycles. The first kappa shape index (κ1) is 13.9. The molecule has 0 atom stereocenters. The molecule has 0 fully saturated rings. The molecule has 13 heavy (non-hydrogen) atoms. The molecule has 0 spiro atoms. The summed E-state index contributed by atoms with van der Waals surface area (Å²) in [7, 11) is 0. The zero-order valence-electron chi connectivity index (χ0n) is 10.4. The average Bonchev–Trinajstić information content (AvgIpc) is 1.80. The summed E-state index contributed by atoms with van der Waals surface area (Å²) in [6.07, 6.45) is 0. The van der Waals surface area contributed by atoms with E-state index in [-0.39, 0.29) is 0 Å². The monoisotopic (exact) mass is 351 g/mol. The van der Waals surface area contributed by atoms with Crippen molar-refractivity contribution in [3.8, 4) is 0 Å².